The van der Waals surface area contributed by atoms with Crippen LogP contribution < -0.4 is 0 Å². The van der Waals surface area contributed by atoms with E-state index < -0.39 is 0 Å². The monoisotopic (exact) mass is 281 g/mol. The van der Waals surface area contributed by atoms with Gasteiger partial charge in [0, 0.05) is 24.3 Å². The van der Waals surface area contributed by atoms with Crippen molar-refractivity contribution in [1.29, 1.82) is 0 Å². The van der Waals surface area contributed by atoms with E-state index >= 15 is 0 Å². The van der Waals surface area contributed by atoms with E-state index in [0.717, 1.165) is 28.8 Å². The summed E-state index contributed by atoms with van der Waals surface area (Å²) in [6, 6.07) is 9.37. The van der Waals surface area contributed by atoms with Gasteiger partial charge in [-0.15, -0.1) is 0 Å². The van der Waals surface area contributed by atoms with Crippen molar-refractivity contribution in [3.8, 4) is 0 Å². The average molecular weight is 281 g/mol. The maximum atomic E-state index is 11.9. The average Bonchev–Trinajstić information content (AvgIpc) is 2.93. The number of benzene rings is 1. The van der Waals surface area contributed by atoms with Gasteiger partial charge >= 0.3 is 0 Å². The predicted octanol–water partition coefficient (Wildman–Crippen LogP) is 2.57. The van der Waals surface area contributed by atoms with E-state index in [1.54, 1.807) is 11.8 Å². The minimum absolute atomic E-state index is 0.170. The molecule has 0 aliphatic carbocycles. The third kappa shape index (κ3) is 3.80. The molecule has 1 aliphatic heterocycles. The van der Waals surface area contributed by atoms with Crippen LogP contribution in [0.2, 0.25) is 0 Å². The predicted molar refractivity (Wildman–Crippen MR) is 78.0 cm³/mol. The van der Waals surface area contributed by atoms with Crippen LogP contribution in [0, 0.1) is 0 Å². The van der Waals surface area contributed by atoms with Crippen LogP contribution in [0.25, 0.3) is 0 Å². The minimum Gasteiger partial charge on any atom is -0.359 e. The number of ketones is 1. The van der Waals surface area contributed by atoms with Crippen LogP contribution in [0.5, 0.6) is 0 Å². The third-order valence-electron chi connectivity index (χ3n) is 2.66. The zero-order chi connectivity index (χ0) is 12.8. The molecule has 0 unspecified atom stereocenters. The summed E-state index contributed by atoms with van der Waals surface area (Å²) < 4.78 is 6.06. The Hall–Kier alpha value is -0.910. The van der Waals surface area contributed by atoms with Crippen molar-refractivity contribution < 1.29 is 9.53 Å². The summed E-state index contributed by atoms with van der Waals surface area (Å²) in [5.41, 5.74) is 0.772. The molecule has 1 fully saturated rings. The largest absolute Gasteiger partial charge is 0.359 e. The fraction of sp³-hybridized carbons (Fsp3) is 0.385. The fourth-order valence-electron chi connectivity index (χ4n) is 1.65. The van der Waals surface area contributed by atoms with Gasteiger partial charge < -0.3 is 9.64 Å². The van der Waals surface area contributed by atoms with Gasteiger partial charge in [0.2, 0.25) is 0 Å². The normalized spacial score (nSPS) is 14.8. The molecule has 0 aromatic heterocycles. The molecule has 18 heavy (non-hydrogen) atoms. The highest BCUT2D eigenvalue weighted by molar-refractivity contribution is 8.22. The molecule has 0 spiro atoms. The maximum absolute atomic E-state index is 11.9. The number of nitrogens with zero attached hydrogens (tertiary/aromatic N) is 1. The Morgan fingerprint density at radius 1 is 1.39 bits per heavy atom. The van der Waals surface area contributed by atoms with E-state index in [4.69, 9.17) is 17.0 Å². The summed E-state index contributed by atoms with van der Waals surface area (Å²) in [4.78, 5) is 13.9. The Morgan fingerprint density at radius 3 is 2.83 bits per heavy atom. The number of thioether (sulfide) groups is 1. The van der Waals surface area contributed by atoms with E-state index in [9.17, 15) is 4.79 Å². The lowest BCUT2D eigenvalue weighted by Crippen LogP contribution is -2.24. The highest BCUT2D eigenvalue weighted by atomic mass is 32.2. The van der Waals surface area contributed by atoms with Crippen LogP contribution >= 0.6 is 24.0 Å². The molecule has 1 saturated heterocycles. The van der Waals surface area contributed by atoms with Crippen molar-refractivity contribution in [2.24, 2.45) is 0 Å². The zero-order valence-corrected chi connectivity index (χ0v) is 11.6. The number of ether oxygens (including phenoxy) is 1. The molecule has 96 valence electrons. The molecular formula is C13H15NO2S2. The molecule has 1 aromatic rings. The van der Waals surface area contributed by atoms with Crippen molar-refractivity contribution in [2.75, 3.05) is 25.6 Å². The molecule has 2 rings (SSSR count). The molecule has 1 heterocycles. The lowest BCUT2D eigenvalue weighted by Gasteiger charge is -2.15. The second-order valence-electron chi connectivity index (χ2n) is 3.95. The van der Waals surface area contributed by atoms with Crippen molar-refractivity contribution >= 4 is 34.1 Å². The van der Waals surface area contributed by atoms with Gasteiger partial charge in [0.15, 0.2) is 5.78 Å². The Bertz CT molecular complexity index is 416. The summed E-state index contributed by atoms with van der Waals surface area (Å²) >= 11 is 6.83. The number of carbonyl (C=O) groups is 1. The maximum Gasteiger partial charge on any atom is 0.163 e. The van der Waals surface area contributed by atoms with Gasteiger partial charge in [0.25, 0.3) is 0 Å². The van der Waals surface area contributed by atoms with E-state index in [1.807, 2.05) is 35.2 Å². The Kier molecular flexibility index (Phi) is 5.16. The van der Waals surface area contributed by atoms with Gasteiger partial charge in [-0.25, -0.2) is 0 Å². The van der Waals surface area contributed by atoms with Gasteiger partial charge in [-0.3, -0.25) is 4.79 Å². The van der Waals surface area contributed by atoms with E-state index in [-0.39, 0.29) is 5.78 Å². The zero-order valence-electron chi connectivity index (χ0n) is 10.0. The second-order valence-corrected chi connectivity index (χ2v) is 5.68. The van der Waals surface area contributed by atoms with Gasteiger partial charge in [-0.05, 0) is 0 Å². The second kappa shape index (κ2) is 6.87. The SMILES string of the molecule is O=C(CCSC(=S)N1CCOC1)c1ccccc1. The lowest BCUT2D eigenvalue weighted by atomic mass is 10.1. The molecule has 0 bridgehead atoms. The molecule has 0 N–H and O–H groups in total. The summed E-state index contributed by atoms with van der Waals surface area (Å²) in [7, 11) is 0. The quantitative estimate of drug-likeness (QED) is 0.625. The lowest BCUT2D eigenvalue weighted by molar-refractivity contribution is 0.0989. The van der Waals surface area contributed by atoms with E-state index in [1.165, 1.54) is 0 Å². The summed E-state index contributed by atoms with van der Waals surface area (Å²) in [6.45, 7) is 2.18. The molecule has 3 nitrogen and oxygen atoms in total. The Morgan fingerprint density at radius 2 is 2.17 bits per heavy atom. The molecule has 1 aromatic carbocycles. The molecule has 5 heteroatoms. The Balaban J connectivity index is 1.72. The van der Waals surface area contributed by atoms with Crippen LogP contribution in [-0.2, 0) is 4.74 Å². The van der Waals surface area contributed by atoms with Crippen LogP contribution in [0.4, 0.5) is 0 Å². The molecule has 0 atom stereocenters. The van der Waals surface area contributed by atoms with E-state index in [2.05, 4.69) is 0 Å². The third-order valence-corrected chi connectivity index (χ3v) is 4.19. The summed E-state index contributed by atoms with van der Waals surface area (Å²) in [6.07, 6.45) is 0.517. The first-order valence-corrected chi connectivity index (χ1v) is 7.24. The smallest absolute Gasteiger partial charge is 0.163 e. The van der Waals surface area contributed by atoms with Crippen molar-refractivity contribution in [1.82, 2.24) is 4.90 Å². The van der Waals surface area contributed by atoms with Gasteiger partial charge in [-0.1, -0.05) is 54.3 Å². The number of thiocarbonyl (C=S) groups is 1. The highest BCUT2D eigenvalue weighted by Crippen LogP contribution is 2.15. The van der Waals surface area contributed by atoms with Crippen LogP contribution in [-0.4, -0.2) is 40.6 Å². The van der Waals surface area contributed by atoms with Crippen molar-refractivity contribution in [3.05, 3.63) is 35.9 Å². The molecular weight excluding hydrogens is 266 g/mol. The molecule has 0 radical (unpaired) electrons. The fourth-order valence-corrected chi connectivity index (χ4v) is 2.83. The minimum atomic E-state index is 0.170. The standard InChI is InChI=1S/C13H15NO2S2/c15-12(11-4-2-1-3-5-11)6-9-18-13(17)14-7-8-16-10-14/h1-5H,6-10H2. The number of Topliss-reactive ketones (excluding diaryl/α,β-unsaturated/α-hetero) is 1. The van der Waals surface area contributed by atoms with Gasteiger partial charge in [0.1, 0.15) is 11.1 Å². The van der Waals surface area contributed by atoms with Crippen LogP contribution in [0.3, 0.4) is 0 Å². The van der Waals surface area contributed by atoms with Crippen LogP contribution in [0.1, 0.15) is 16.8 Å². The number of rotatable bonds is 4. The first kappa shape index (κ1) is 13.5. The van der Waals surface area contributed by atoms with Crippen molar-refractivity contribution in [2.45, 2.75) is 6.42 Å². The van der Waals surface area contributed by atoms with E-state index in [0.29, 0.717) is 13.2 Å². The molecule has 0 amide bonds. The Labute approximate surface area is 116 Å². The summed E-state index contributed by atoms with van der Waals surface area (Å²) in [5, 5.41) is 0. The molecule has 0 saturated carbocycles. The first-order chi connectivity index (χ1) is 8.77. The number of hydrogen-bond acceptors (Lipinski definition) is 4. The number of carbonyl (C=O) groups excluding carboxylic acids is 1. The van der Waals surface area contributed by atoms with Crippen molar-refractivity contribution in [3.63, 3.8) is 0 Å². The van der Waals surface area contributed by atoms with Gasteiger partial charge in [0.05, 0.1) is 6.61 Å². The van der Waals surface area contributed by atoms with Crippen LogP contribution in [0.15, 0.2) is 30.3 Å². The number of hydrogen-bond donors (Lipinski definition) is 0. The summed E-state index contributed by atoms with van der Waals surface area (Å²) in [5.74, 6) is 0.895. The molecule has 1 aliphatic rings. The first-order valence-electron chi connectivity index (χ1n) is 5.85. The topological polar surface area (TPSA) is 29.5 Å². The highest BCUT2D eigenvalue weighted by Gasteiger charge is 2.15. The van der Waals surface area contributed by atoms with Gasteiger partial charge in [-0.2, -0.15) is 0 Å².